The molecule has 0 bridgehead atoms. The summed E-state index contributed by atoms with van der Waals surface area (Å²) in [5.41, 5.74) is 1.05. The SMILES string of the molecule is OCCC=Cc1ccc(Br)nc1. The minimum absolute atomic E-state index is 0.195. The van der Waals surface area contributed by atoms with Gasteiger partial charge in [0.1, 0.15) is 4.60 Å². The molecule has 64 valence electrons. The third-order valence-electron chi connectivity index (χ3n) is 1.36. The first-order valence-electron chi connectivity index (χ1n) is 3.72. The monoisotopic (exact) mass is 227 g/mol. The topological polar surface area (TPSA) is 33.1 Å². The molecule has 0 atom stereocenters. The summed E-state index contributed by atoms with van der Waals surface area (Å²) in [6, 6.07) is 3.85. The van der Waals surface area contributed by atoms with Gasteiger partial charge in [-0.15, -0.1) is 0 Å². The minimum atomic E-state index is 0.195. The van der Waals surface area contributed by atoms with E-state index in [9.17, 15) is 0 Å². The molecule has 0 aromatic carbocycles. The van der Waals surface area contributed by atoms with E-state index < -0.39 is 0 Å². The van der Waals surface area contributed by atoms with Crippen molar-refractivity contribution in [3.63, 3.8) is 0 Å². The first-order valence-corrected chi connectivity index (χ1v) is 4.51. The lowest BCUT2D eigenvalue weighted by Gasteiger charge is -1.92. The van der Waals surface area contributed by atoms with Crippen molar-refractivity contribution in [2.24, 2.45) is 0 Å². The van der Waals surface area contributed by atoms with Gasteiger partial charge in [0.05, 0.1) is 0 Å². The molecule has 2 nitrogen and oxygen atoms in total. The molecule has 0 amide bonds. The molecule has 0 saturated heterocycles. The van der Waals surface area contributed by atoms with Crippen LogP contribution >= 0.6 is 15.9 Å². The second-order valence-corrected chi connectivity index (χ2v) is 3.14. The van der Waals surface area contributed by atoms with E-state index in [0.29, 0.717) is 6.42 Å². The van der Waals surface area contributed by atoms with Gasteiger partial charge < -0.3 is 5.11 Å². The Kier molecular flexibility index (Phi) is 3.97. The van der Waals surface area contributed by atoms with Gasteiger partial charge in [0, 0.05) is 12.8 Å². The number of halogens is 1. The smallest absolute Gasteiger partial charge is 0.106 e. The molecule has 0 aliphatic rings. The van der Waals surface area contributed by atoms with E-state index >= 15 is 0 Å². The summed E-state index contributed by atoms with van der Waals surface area (Å²) in [4.78, 5) is 4.06. The summed E-state index contributed by atoms with van der Waals surface area (Å²) in [7, 11) is 0. The van der Waals surface area contributed by atoms with Crippen molar-refractivity contribution in [2.45, 2.75) is 6.42 Å². The van der Waals surface area contributed by atoms with Crippen molar-refractivity contribution in [1.82, 2.24) is 4.98 Å². The van der Waals surface area contributed by atoms with Gasteiger partial charge in [-0.1, -0.05) is 18.2 Å². The fourth-order valence-corrected chi connectivity index (χ4v) is 1.01. The third-order valence-corrected chi connectivity index (χ3v) is 1.83. The van der Waals surface area contributed by atoms with Crippen LogP contribution in [0.25, 0.3) is 6.08 Å². The van der Waals surface area contributed by atoms with E-state index in [-0.39, 0.29) is 6.61 Å². The van der Waals surface area contributed by atoms with E-state index in [2.05, 4.69) is 20.9 Å². The molecule has 1 aromatic rings. The molecule has 0 radical (unpaired) electrons. The largest absolute Gasteiger partial charge is 0.396 e. The number of hydrogen-bond acceptors (Lipinski definition) is 2. The van der Waals surface area contributed by atoms with Gasteiger partial charge in [0.2, 0.25) is 0 Å². The number of pyridine rings is 1. The van der Waals surface area contributed by atoms with Crippen LogP contribution in [0.1, 0.15) is 12.0 Å². The number of aliphatic hydroxyl groups excluding tert-OH is 1. The Hall–Kier alpha value is -0.670. The molecule has 12 heavy (non-hydrogen) atoms. The second-order valence-electron chi connectivity index (χ2n) is 2.33. The average Bonchev–Trinajstić information content (AvgIpc) is 2.09. The van der Waals surface area contributed by atoms with Crippen molar-refractivity contribution < 1.29 is 5.11 Å². The van der Waals surface area contributed by atoms with Gasteiger partial charge >= 0.3 is 0 Å². The molecule has 0 aliphatic heterocycles. The molecule has 1 aromatic heterocycles. The van der Waals surface area contributed by atoms with Crippen molar-refractivity contribution in [3.05, 3.63) is 34.6 Å². The van der Waals surface area contributed by atoms with Crippen LogP contribution in [0.3, 0.4) is 0 Å². The van der Waals surface area contributed by atoms with Crippen LogP contribution in [0.4, 0.5) is 0 Å². The van der Waals surface area contributed by atoms with E-state index in [0.717, 1.165) is 10.2 Å². The molecule has 0 saturated carbocycles. The fourth-order valence-electron chi connectivity index (χ4n) is 0.780. The van der Waals surface area contributed by atoms with Crippen molar-refractivity contribution >= 4 is 22.0 Å². The Bertz CT molecular complexity index is 256. The molecule has 0 fully saturated rings. The lowest BCUT2D eigenvalue weighted by molar-refractivity contribution is 0.303. The zero-order valence-corrected chi connectivity index (χ0v) is 8.16. The van der Waals surface area contributed by atoms with E-state index in [4.69, 9.17) is 5.11 Å². The summed E-state index contributed by atoms with van der Waals surface area (Å²) in [6.07, 6.45) is 6.33. The molecule has 1 rings (SSSR count). The predicted molar refractivity (Wildman–Crippen MR) is 52.7 cm³/mol. The quantitative estimate of drug-likeness (QED) is 0.804. The van der Waals surface area contributed by atoms with Crippen molar-refractivity contribution in [3.8, 4) is 0 Å². The van der Waals surface area contributed by atoms with Gasteiger partial charge in [-0.05, 0) is 34.0 Å². The van der Waals surface area contributed by atoms with Crippen LogP contribution in [0.2, 0.25) is 0 Å². The van der Waals surface area contributed by atoms with Crippen LogP contribution < -0.4 is 0 Å². The number of hydrogen-bond donors (Lipinski definition) is 1. The first kappa shape index (κ1) is 9.42. The molecular weight excluding hydrogens is 218 g/mol. The van der Waals surface area contributed by atoms with Gasteiger partial charge in [-0.25, -0.2) is 4.98 Å². The Labute approximate surface area is 80.1 Å². The Morgan fingerprint density at radius 3 is 2.92 bits per heavy atom. The van der Waals surface area contributed by atoms with Gasteiger partial charge in [0.25, 0.3) is 0 Å². The summed E-state index contributed by atoms with van der Waals surface area (Å²) in [5.74, 6) is 0. The summed E-state index contributed by atoms with van der Waals surface area (Å²) in [6.45, 7) is 0.195. The maximum atomic E-state index is 8.51. The highest BCUT2D eigenvalue weighted by atomic mass is 79.9. The lowest BCUT2D eigenvalue weighted by Crippen LogP contribution is -1.78. The van der Waals surface area contributed by atoms with Gasteiger partial charge in [0.15, 0.2) is 0 Å². The van der Waals surface area contributed by atoms with Crippen LogP contribution in [0, 0.1) is 0 Å². The highest BCUT2D eigenvalue weighted by Gasteiger charge is 1.87. The summed E-state index contributed by atoms with van der Waals surface area (Å²) < 4.78 is 0.835. The summed E-state index contributed by atoms with van der Waals surface area (Å²) >= 11 is 3.25. The average molecular weight is 228 g/mol. The molecule has 3 heteroatoms. The molecule has 0 spiro atoms. The number of rotatable bonds is 3. The second kappa shape index (κ2) is 5.06. The standard InChI is InChI=1S/C9H10BrNO/c10-9-5-4-8(7-11-9)3-1-2-6-12/h1,3-5,7,12H,2,6H2. The maximum Gasteiger partial charge on any atom is 0.106 e. The van der Waals surface area contributed by atoms with Crippen molar-refractivity contribution in [2.75, 3.05) is 6.61 Å². The van der Waals surface area contributed by atoms with Gasteiger partial charge in [-0.3, -0.25) is 0 Å². The van der Waals surface area contributed by atoms with Crippen molar-refractivity contribution in [1.29, 1.82) is 0 Å². The normalized spacial score (nSPS) is 10.8. The first-order chi connectivity index (χ1) is 5.83. The van der Waals surface area contributed by atoms with E-state index in [1.807, 2.05) is 24.3 Å². The number of nitrogens with zero attached hydrogens (tertiary/aromatic N) is 1. The fraction of sp³-hybridized carbons (Fsp3) is 0.222. The van der Waals surface area contributed by atoms with Crippen LogP contribution in [0.15, 0.2) is 29.0 Å². The third kappa shape index (κ3) is 3.15. The molecule has 1 heterocycles. The highest BCUT2D eigenvalue weighted by molar-refractivity contribution is 9.10. The van der Waals surface area contributed by atoms with Crippen LogP contribution in [0.5, 0.6) is 0 Å². The Morgan fingerprint density at radius 2 is 2.33 bits per heavy atom. The minimum Gasteiger partial charge on any atom is -0.396 e. The maximum absolute atomic E-state index is 8.51. The lowest BCUT2D eigenvalue weighted by atomic mass is 10.2. The summed E-state index contributed by atoms with van der Waals surface area (Å²) in [5, 5.41) is 8.51. The highest BCUT2D eigenvalue weighted by Crippen LogP contribution is 2.07. The number of aliphatic hydroxyl groups is 1. The molecule has 1 N–H and O–H groups in total. The molecule has 0 aliphatic carbocycles. The Balaban J connectivity index is 2.58. The Morgan fingerprint density at radius 1 is 1.50 bits per heavy atom. The number of aromatic nitrogens is 1. The zero-order valence-electron chi connectivity index (χ0n) is 6.57. The van der Waals surface area contributed by atoms with E-state index in [1.54, 1.807) is 6.20 Å². The zero-order chi connectivity index (χ0) is 8.81. The molecular formula is C9H10BrNO. The van der Waals surface area contributed by atoms with Gasteiger partial charge in [-0.2, -0.15) is 0 Å². The predicted octanol–water partition coefficient (Wildman–Crippen LogP) is 2.24. The van der Waals surface area contributed by atoms with Crippen LogP contribution in [-0.4, -0.2) is 16.7 Å². The molecule has 0 unspecified atom stereocenters. The van der Waals surface area contributed by atoms with Crippen LogP contribution in [-0.2, 0) is 0 Å². The van der Waals surface area contributed by atoms with E-state index in [1.165, 1.54) is 0 Å².